The summed E-state index contributed by atoms with van der Waals surface area (Å²) in [5, 5.41) is 11.2. The van der Waals surface area contributed by atoms with Gasteiger partial charge in [0.05, 0.1) is 15.0 Å². The van der Waals surface area contributed by atoms with E-state index in [1.807, 2.05) is 0 Å². The van der Waals surface area contributed by atoms with Gasteiger partial charge in [-0.25, -0.2) is 0 Å². The Kier molecular flexibility index (Phi) is 4.42. The van der Waals surface area contributed by atoms with Crippen molar-refractivity contribution in [1.29, 1.82) is 0 Å². The minimum Gasteiger partial charge on any atom is -0.489 e. The van der Waals surface area contributed by atoms with E-state index in [2.05, 4.69) is 0 Å². The van der Waals surface area contributed by atoms with Gasteiger partial charge in [0, 0.05) is 12.1 Å². The van der Waals surface area contributed by atoms with Crippen LogP contribution in [0.3, 0.4) is 0 Å². The average molecular weight is 316 g/mol. The smallest absolute Gasteiger partial charge is 0.304 e. The highest BCUT2D eigenvalue weighted by atomic mass is 35.5. The number of hydrogen-bond acceptors (Lipinski definition) is 3. The first-order valence-electron chi connectivity index (χ1n) is 5.48. The van der Waals surface area contributed by atoms with E-state index in [1.54, 1.807) is 12.1 Å². The zero-order chi connectivity index (χ0) is 14.7. The molecule has 0 aliphatic heterocycles. The molecule has 2 aromatic rings. The molecule has 0 amide bonds. The second-order valence-corrected chi connectivity index (χ2v) is 4.72. The van der Waals surface area contributed by atoms with Crippen LogP contribution in [-0.4, -0.2) is 4.92 Å². The Morgan fingerprint density at radius 1 is 1.15 bits per heavy atom. The number of benzene rings is 2. The van der Waals surface area contributed by atoms with Gasteiger partial charge in [-0.3, -0.25) is 10.1 Å². The van der Waals surface area contributed by atoms with Crippen molar-refractivity contribution < 1.29 is 14.1 Å². The van der Waals surface area contributed by atoms with Crippen molar-refractivity contribution in [2.75, 3.05) is 0 Å². The van der Waals surface area contributed by atoms with Gasteiger partial charge in [0.15, 0.2) is 0 Å². The molecule has 0 fully saturated rings. The van der Waals surface area contributed by atoms with Crippen molar-refractivity contribution in [3.63, 3.8) is 0 Å². The third-order valence-electron chi connectivity index (χ3n) is 2.51. The Bertz CT molecular complexity index is 664. The molecule has 0 atom stereocenters. The van der Waals surface area contributed by atoms with Gasteiger partial charge in [-0.05, 0) is 29.8 Å². The van der Waals surface area contributed by atoms with Crippen LogP contribution in [0, 0.1) is 15.9 Å². The fourth-order valence-corrected chi connectivity index (χ4v) is 1.81. The number of nitro groups is 1. The van der Waals surface area contributed by atoms with E-state index in [4.69, 9.17) is 27.9 Å². The molecule has 0 heterocycles. The lowest BCUT2D eigenvalue weighted by molar-refractivity contribution is -0.387. The molecule has 0 unspecified atom stereocenters. The second-order valence-electron chi connectivity index (χ2n) is 3.91. The molecule has 2 aromatic carbocycles. The molecule has 2 rings (SSSR count). The number of halogens is 3. The SMILES string of the molecule is O=[N+]([O-])c1ccc(COc2ccc(Cl)c(Cl)c2)cc1F. The first-order valence-corrected chi connectivity index (χ1v) is 6.23. The van der Waals surface area contributed by atoms with E-state index in [9.17, 15) is 14.5 Å². The van der Waals surface area contributed by atoms with Gasteiger partial charge in [-0.2, -0.15) is 4.39 Å². The molecule has 0 aliphatic carbocycles. The summed E-state index contributed by atoms with van der Waals surface area (Å²) < 4.78 is 18.8. The van der Waals surface area contributed by atoms with E-state index in [0.29, 0.717) is 21.4 Å². The molecule has 20 heavy (non-hydrogen) atoms. The van der Waals surface area contributed by atoms with E-state index in [0.717, 1.165) is 12.1 Å². The molecule has 0 spiro atoms. The average Bonchev–Trinajstić information content (AvgIpc) is 2.40. The summed E-state index contributed by atoms with van der Waals surface area (Å²) in [6.45, 7) is 0.0624. The number of hydrogen-bond donors (Lipinski definition) is 0. The highest BCUT2D eigenvalue weighted by molar-refractivity contribution is 6.42. The van der Waals surface area contributed by atoms with Gasteiger partial charge in [0.2, 0.25) is 5.82 Å². The molecular formula is C13H8Cl2FNO3. The zero-order valence-corrected chi connectivity index (χ0v) is 11.5. The molecule has 0 saturated heterocycles. The van der Waals surface area contributed by atoms with Crippen LogP contribution in [0.1, 0.15) is 5.56 Å². The highest BCUT2D eigenvalue weighted by Gasteiger charge is 2.13. The Morgan fingerprint density at radius 3 is 2.50 bits per heavy atom. The topological polar surface area (TPSA) is 52.4 Å². The number of nitro benzene ring substituents is 1. The van der Waals surface area contributed by atoms with Crippen LogP contribution in [-0.2, 0) is 6.61 Å². The van der Waals surface area contributed by atoms with Gasteiger partial charge < -0.3 is 4.74 Å². The van der Waals surface area contributed by atoms with Crippen molar-refractivity contribution in [2.24, 2.45) is 0 Å². The van der Waals surface area contributed by atoms with Crippen LogP contribution in [0.4, 0.5) is 10.1 Å². The largest absolute Gasteiger partial charge is 0.489 e. The van der Waals surface area contributed by atoms with E-state index in [-0.39, 0.29) is 6.61 Å². The predicted octanol–water partition coefficient (Wildman–Crippen LogP) is 4.62. The van der Waals surface area contributed by atoms with E-state index < -0.39 is 16.4 Å². The summed E-state index contributed by atoms with van der Waals surface area (Å²) in [4.78, 5) is 9.71. The third-order valence-corrected chi connectivity index (χ3v) is 3.24. The van der Waals surface area contributed by atoms with Crippen LogP contribution < -0.4 is 4.74 Å². The molecule has 0 aromatic heterocycles. The molecule has 0 N–H and O–H groups in total. The molecule has 7 heteroatoms. The van der Waals surface area contributed by atoms with Crippen molar-refractivity contribution in [2.45, 2.75) is 6.61 Å². The lowest BCUT2D eigenvalue weighted by atomic mass is 10.2. The maximum absolute atomic E-state index is 13.4. The van der Waals surface area contributed by atoms with Crippen molar-refractivity contribution in [1.82, 2.24) is 0 Å². The summed E-state index contributed by atoms with van der Waals surface area (Å²) in [7, 11) is 0. The molecular weight excluding hydrogens is 308 g/mol. The Hall–Kier alpha value is -1.85. The normalized spacial score (nSPS) is 10.3. The van der Waals surface area contributed by atoms with Crippen molar-refractivity contribution in [3.8, 4) is 5.75 Å². The van der Waals surface area contributed by atoms with E-state index >= 15 is 0 Å². The number of rotatable bonds is 4. The Morgan fingerprint density at radius 2 is 1.90 bits per heavy atom. The highest BCUT2D eigenvalue weighted by Crippen LogP contribution is 2.27. The predicted molar refractivity (Wildman–Crippen MR) is 73.8 cm³/mol. The molecule has 104 valence electrons. The third kappa shape index (κ3) is 3.37. The minimum absolute atomic E-state index is 0.0624. The Balaban J connectivity index is 2.09. The maximum atomic E-state index is 13.4. The fourth-order valence-electron chi connectivity index (χ4n) is 1.52. The standard InChI is InChI=1S/C13H8Cl2FNO3/c14-10-3-2-9(6-11(10)15)20-7-8-1-4-13(17(18)19)12(16)5-8/h1-6H,7H2. The quantitative estimate of drug-likeness (QED) is 0.611. The van der Waals surface area contributed by atoms with Crippen LogP contribution in [0.5, 0.6) is 5.75 Å². The molecule has 0 aliphatic rings. The summed E-state index contributed by atoms with van der Waals surface area (Å²) in [6, 6.07) is 8.33. The van der Waals surface area contributed by atoms with Gasteiger partial charge in [0.1, 0.15) is 12.4 Å². The summed E-state index contributed by atoms with van der Waals surface area (Å²) in [5.74, 6) is -0.427. The first kappa shape index (κ1) is 14.6. The number of nitrogens with zero attached hydrogens (tertiary/aromatic N) is 1. The van der Waals surface area contributed by atoms with E-state index in [1.165, 1.54) is 12.1 Å². The lowest BCUT2D eigenvalue weighted by Crippen LogP contribution is -1.98. The van der Waals surface area contributed by atoms with Crippen molar-refractivity contribution in [3.05, 3.63) is 67.9 Å². The van der Waals surface area contributed by atoms with Crippen LogP contribution >= 0.6 is 23.2 Å². The van der Waals surface area contributed by atoms with Gasteiger partial charge in [0.25, 0.3) is 0 Å². The summed E-state index contributed by atoms with van der Waals surface area (Å²) in [6.07, 6.45) is 0. The molecule has 0 bridgehead atoms. The van der Waals surface area contributed by atoms with Crippen LogP contribution in [0.15, 0.2) is 36.4 Å². The van der Waals surface area contributed by atoms with Gasteiger partial charge in [-0.1, -0.05) is 23.2 Å². The monoisotopic (exact) mass is 315 g/mol. The van der Waals surface area contributed by atoms with Crippen LogP contribution in [0.25, 0.3) is 0 Å². The summed E-state index contributed by atoms with van der Waals surface area (Å²) in [5.41, 5.74) is -0.0949. The number of ether oxygens (including phenoxy) is 1. The molecule has 4 nitrogen and oxygen atoms in total. The van der Waals surface area contributed by atoms with Crippen molar-refractivity contribution >= 4 is 28.9 Å². The molecule has 0 radical (unpaired) electrons. The lowest BCUT2D eigenvalue weighted by Gasteiger charge is -2.07. The Labute approximate surface area is 123 Å². The first-order chi connectivity index (χ1) is 9.47. The molecule has 0 saturated carbocycles. The van der Waals surface area contributed by atoms with Gasteiger partial charge >= 0.3 is 5.69 Å². The van der Waals surface area contributed by atoms with Crippen LogP contribution in [0.2, 0.25) is 10.0 Å². The summed E-state index contributed by atoms with van der Waals surface area (Å²) >= 11 is 11.6. The fraction of sp³-hybridized carbons (Fsp3) is 0.0769. The van der Waals surface area contributed by atoms with Gasteiger partial charge in [-0.15, -0.1) is 0 Å². The second kappa shape index (κ2) is 6.07. The maximum Gasteiger partial charge on any atom is 0.304 e. The minimum atomic E-state index is -0.898. The zero-order valence-electron chi connectivity index (χ0n) is 9.98.